The van der Waals surface area contributed by atoms with Crippen molar-refractivity contribution in [2.75, 3.05) is 36.9 Å². The molecule has 4 rings (SSSR count). The van der Waals surface area contributed by atoms with E-state index >= 15 is 0 Å². The van der Waals surface area contributed by atoms with Crippen LogP contribution < -0.4 is 10.6 Å². The van der Waals surface area contributed by atoms with Gasteiger partial charge < -0.3 is 15.4 Å². The van der Waals surface area contributed by atoms with Gasteiger partial charge in [-0.25, -0.2) is 9.67 Å². The Balaban J connectivity index is 1.54. The molecule has 1 saturated heterocycles. The maximum Gasteiger partial charge on any atom is 0.132 e. The first-order chi connectivity index (χ1) is 15.1. The number of nitrogens with one attached hydrogen (secondary N) is 2. The third-order valence-electron chi connectivity index (χ3n) is 4.99. The van der Waals surface area contributed by atoms with E-state index in [2.05, 4.69) is 46.5 Å². The molecule has 8 nitrogen and oxygen atoms in total. The van der Waals surface area contributed by atoms with E-state index in [1.165, 1.54) is 0 Å². The Hall–Kier alpha value is -3.41. The molecule has 31 heavy (non-hydrogen) atoms. The number of anilines is 3. The van der Waals surface area contributed by atoms with Crippen molar-refractivity contribution in [3.63, 3.8) is 0 Å². The second-order valence-electron chi connectivity index (χ2n) is 7.84. The van der Waals surface area contributed by atoms with Crippen LogP contribution in [0.15, 0.2) is 48.8 Å². The maximum atomic E-state index is 8.96. The number of benzene rings is 1. The molecular formula is C23H27N7O. The standard InChI is InChI=1S/C23H27N7O/c1-17(2)26-21-13-23(27-19-5-3-18(14-24)4-6-19)25-15-22(21)30-8-7-20(28-30)16-29-9-11-31-12-10-29/h3-8,13,15,17H,9-12,16H2,1-2H3,(H2,25,26,27). The number of nitriles is 1. The summed E-state index contributed by atoms with van der Waals surface area (Å²) in [6.07, 6.45) is 3.80. The van der Waals surface area contributed by atoms with Crippen LogP contribution in [-0.4, -0.2) is 52.0 Å². The van der Waals surface area contributed by atoms with E-state index in [0.717, 1.165) is 61.4 Å². The summed E-state index contributed by atoms with van der Waals surface area (Å²) < 4.78 is 7.30. The Morgan fingerprint density at radius 3 is 2.65 bits per heavy atom. The molecule has 0 radical (unpaired) electrons. The predicted molar refractivity (Wildman–Crippen MR) is 121 cm³/mol. The summed E-state index contributed by atoms with van der Waals surface area (Å²) in [5, 5.41) is 20.5. The van der Waals surface area contributed by atoms with E-state index in [4.69, 9.17) is 15.1 Å². The fourth-order valence-electron chi connectivity index (χ4n) is 3.47. The van der Waals surface area contributed by atoms with Crippen LogP contribution in [0.25, 0.3) is 5.69 Å². The molecule has 0 unspecified atom stereocenters. The number of rotatable bonds is 7. The second-order valence-corrected chi connectivity index (χ2v) is 7.84. The van der Waals surface area contributed by atoms with Crippen molar-refractivity contribution in [3.05, 3.63) is 60.0 Å². The molecule has 0 atom stereocenters. The van der Waals surface area contributed by atoms with E-state index in [0.29, 0.717) is 5.56 Å². The first-order valence-corrected chi connectivity index (χ1v) is 10.5. The average molecular weight is 418 g/mol. The summed E-state index contributed by atoms with van der Waals surface area (Å²) >= 11 is 0. The quantitative estimate of drug-likeness (QED) is 0.608. The molecule has 0 amide bonds. The molecule has 0 aliphatic carbocycles. The van der Waals surface area contributed by atoms with Gasteiger partial charge in [-0.05, 0) is 44.2 Å². The van der Waals surface area contributed by atoms with Crippen molar-refractivity contribution in [1.82, 2.24) is 19.7 Å². The smallest absolute Gasteiger partial charge is 0.132 e. The van der Waals surface area contributed by atoms with Gasteiger partial charge in [-0.1, -0.05) is 0 Å². The van der Waals surface area contributed by atoms with Crippen LogP contribution >= 0.6 is 0 Å². The highest BCUT2D eigenvalue weighted by atomic mass is 16.5. The number of nitrogens with zero attached hydrogens (tertiary/aromatic N) is 5. The minimum Gasteiger partial charge on any atom is -0.381 e. The topological polar surface area (TPSA) is 91.0 Å². The maximum absolute atomic E-state index is 8.96. The Morgan fingerprint density at radius 1 is 1.16 bits per heavy atom. The fourth-order valence-corrected chi connectivity index (χ4v) is 3.47. The monoisotopic (exact) mass is 417 g/mol. The van der Waals surface area contributed by atoms with Crippen molar-refractivity contribution in [1.29, 1.82) is 5.26 Å². The van der Waals surface area contributed by atoms with Gasteiger partial charge in [-0.2, -0.15) is 10.4 Å². The van der Waals surface area contributed by atoms with Crippen molar-refractivity contribution in [2.45, 2.75) is 26.4 Å². The summed E-state index contributed by atoms with van der Waals surface area (Å²) in [5.74, 6) is 0.720. The molecule has 1 aromatic carbocycles. The Morgan fingerprint density at radius 2 is 1.94 bits per heavy atom. The Labute approximate surface area is 182 Å². The molecule has 1 aliphatic heterocycles. The number of aromatic nitrogens is 3. The average Bonchev–Trinajstić information content (AvgIpc) is 3.23. The van der Waals surface area contributed by atoms with Gasteiger partial charge in [0.25, 0.3) is 0 Å². The van der Waals surface area contributed by atoms with Crippen molar-refractivity contribution < 1.29 is 4.74 Å². The summed E-state index contributed by atoms with van der Waals surface area (Å²) in [5.41, 5.74) is 4.37. The lowest BCUT2D eigenvalue weighted by Crippen LogP contribution is -2.35. The summed E-state index contributed by atoms with van der Waals surface area (Å²) in [6.45, 7) is 8.45. The van der Waals surface area contributed by atoms with E-state index in [9.17, 15) is 0 Å². The first kappa shape index (κ1) is 20.8. The molecule has 2 N–H and O–H groups in total. The molecule has 160 valence electrons. The van der Waals surface area contributed by atoms with Gasteiger partial charge in [-0.3, -0.25) is 4.90 Å². The summed E-state index contributed by atoms with van der Waals surface area (Å²) in [6, 6.07) is 13.7. The number of morpholine rings is 1. The molecule has 2 aromatic heterocycles. The lowest BCUT2D eigenvalue weighted by molar-refractivity contribution is 0.0336. The van der Waals surface area contributed by atoms with Gasteiger partial charge in [0.15, 0.2) is 0 Å². The fraction of sp³-hybridized carbons (Fsp3) is 0.348. The van der Waals surface area contributed by atoms with E-state index in [-0.39, 0.29) is 6.04 Å². The van der Waals surface area contributed by atoms with Gasteiger partial charge in [0.1, 0.15) is 11.5 Å². The van der Waals surface area contributed by atoms with Gasteiger partial charge in [-0.15, -0.1) is 0 Å². The van der Waals surface area contributed by atoms with Crippen LogP contribution in [0.5, 0.6) is 0 Å². The largest absolute Gasteiger partial charge is 0.381 e. The molecule has 1 fully saturated rings. The van der Waals surface area contributed by atoms with Crippen LogP contribution in [0, 0.1) is 11.3 Å². The first-order valence-electron chi connectivity index (χ1n) is 10.5. The summed E-state index contributed by atoms with van der Waals surface area (Å²) in [7, 11) is 0. The highest BCUT2D eigenvalue weighted by Crippen LogP contribution is 2.25. The van der Waals surface area contributed by atoms with Crippen molar-refractivity contribution in [2.24, 2.45) is 0 Å². The van der Waals surface area contributed by atoms with Gasteiger partial charge in [0.05, 0.1) is 42.4 Å². The number of hydrogen-bond donors (Lipinski definition) is 2. The van der Waals surface area contributed by atoms with Crippen LogP contribution in [0.2, 0.25) is 0 Å². The highest BCUT2D eigenvalue weighted by Gasteiger charge is 2.14. The number of pyridine rings is 1. The normalized spacial score (nSPS) is 14.4. The van der Waals surface area contributed by atoms with E-state index in [1.54, 1.807) is 12.1 Å². The SMILES string of the molecule is CC(C)Nc1cc(Nc2ccc(C#N)cc2)ncc1-n1ccc(CN2CCOCC2)n1. The van der Waals surface area contributed by atoms with Crippen molar-refractivity contribution in [3.8, 4) is 11.8 Å². The molecule has 0 saturated carbocycles. The third-order valence-corrected chi connectivity index (χ3v) is 4.99. The molecule has 0 spiro atoms. The number of ether oxygens (including phenoxy) is 1. The van der Waals surface area contributed by atoms with E-state index < -0.39 is 0 Å². The zero-order valence-electron chi connectivity index (χ0n) is 17.9. The molecule has 3 aromatic rings. The van der Waals surface area contributed by atoms with Gasteiger partial charge >= 0.3 is 0 Å². The van der Waals surface area contributed by atoms with Gasteiger partial charge in [0.2, 0.25) is 0 Å². The molecular weight excluding hydrogens is 390 g/mol. The lowest BCUT2D eigenvalue weighted by Gasteiger charge is -2.25. The van der Waals surface area contributed by atoms with Crippen molar-refractivity contribution >= 4 is 17.2 Å². The zero-order chi connectivity index (χ0) is 21.6. The molecule has 0 bridgehead atoms. The minimum atomic E-state index is 0.257. The minimum absolute atomic E-state index is 0.257. The van der Waals surface area contributed by atoms with Crippen LogP contribution in [0.4, 0.5) is 17.2 Å². The number of hydrogen-bond acceptors (Lipinski definition) is 7. The zero-order valence-corrected chi connectivity index (χ0v) is 17.9. The van der Waals surface area contributed by atoms with Crippen LogP contribution in [-0.2, 0) is 11.3 Å². The van der Waals surface area contributed by atoms with Crippen LogP contribution in [0.3, 0.4) is 0 Å². The Bertz CT molecular complexity index is 1050. The second kappa shape index (κ2) is 9.60. The van der Waals surface area contributed by atoms with E-state index in [1.807, 2.05) is 35.3 Å². The summed E-state index contributed by atoms with van der Waals surface area (Å²) in [4.78, 5) is 6.94. The van der Waals surface area contributed by atoms with Gasteiger partial charge in [0, 0.05) is 43.6 Å². The molecule has 8 heteroatoms. The molecule has 3 heterocycles. The predicted octanol–water partition coefficient (Wildman–Crippen LogP) is 3.54. The lowest BCUT2D eigenvalue weighted by atomic mass is 10.2. The Kier molecular flexibility index (Phi) is 6.46. The third kappa shape index (κ3) is 5.40. The highest BCUT2D eigenvalue weighted by molar-refractivity contribution is 5.68. The van der Waals surface area contributed by atoms with Crippen LogP contribution in [0.1, 0.15) is 25.1 Å². The molecule has 1 aliphatic rings.